The summed E-state index contributed by atoms with van der Waals surface area (Å²) in [6.45, 7) is 5.68. The number of hydrogen-bond acceptors (Lipinski definition) is 3. The van der Waals surface area contributed by atoms with E-state index in [1.165, 1.54) is 5.56 Å². The summed E-state index contributed by atoms with van der Waals surface area (Å²) >= 11 is 0. The molecule has 0 heterocycles. The molecule has 2 aromatic carbocycles. The molecule has 0 bridgehead atoms. The van der Waals surface area contributed by atoms with Gasteiger partial charge in [-0.1, -0.05) is 38.1 Å². The van der Waals surface area contributed by atoms with Crippen LogP contribution in [0.4, 0.5) is 11.4 Å². The normalized spacial score (nSPS) is 12.5. The van der Waals surface area contributed by atoms with Gasteiger partial charge in [0.1, 0.15) is 6.04 Å². The van der Waals surface area contributed by atoms with E-state index >= 15 is 0 Å². The molecule has 1 amide bonds. The highest BCUT2D eigenvalue weighted by atomic mass is 32.2. The number of amides is 1. The standard InChI is InChI=1S/C20H26N2O3S/c1-5-16-7-11-18(12-8-16)21-20(23)15(3)22(26(4,24)25)19-13-9-17(6-2)10-14-19/h7-15H,5-6H2,1-4H3,(H,21,23)/t15-/m1/s1. The average Bonchev–Trinajstić information content (AvgIpc) is 2.61. The van der Waals surface area contributed by atoms with Crippen LogP contribution in [-0.2, 0) is 27.7 Å². The quantitative estimate of drug-likeness (QED) is 0.805. The Balaban J connectivity index is 2.24. The number of anilines is 2. The first-order valence-electron chi connectivity index (χ1n) is 8.74. The summed E-state index contributed by atoms with van der Waals surface area (Å²) in [6, 6.07) is 13.9. The van der Waals surface area contributed by atoms with Crippen molar-refractivity contribution in [1.82, 2.24) is 0 Å². The van der Waals surface area contributed by atoms with Crippen LogP contribution >= 0.6 is 0 Å². The monoisotopic (exact) mass is 374 g/mol. The third-order valence-corrected chi connectivity index (χ3v) is 5.56. The molecule has 1 N–H and O–H groups in total. The number of nitrogens with one attached hydrogen (secondary N) is 1. The van der Waals surface area contributed by atoms with Crippen molar-refractivity contribution < 1.29 is 13.2 Å². The van der Waals surface area contributed by atoms with Crippen LogP contribution in [0.2, 0.25) is 0 Å². The fraction of sp³-hybridized carbons (Fsp3) is 0.350. The van der Waals surface area contributed by atoms with E-state index in [0.717, 1.165) is 29.0 Å². The zero-order chi connectivity index (χ0) is 19.3. The zero-order valence-electron chi connectivity index (χ0n) is 15.7. The zero-order valence-corrected chi connectivity index (χ0v) is 16.5. The Labute approximate surface area is 156 Å². The molecule has 0 saturated heterocycles. The van der Waals surface area contributed by atoms with Gasteiger partial charge < -0.3 is 5.32 Å². The Bertz CT molecular complexity index is 844. The molecular weight excluding hydrogens is 348 g/mol. The Hall–Kier alpha value is -2.34. The highest BCUT2D eigenvalue weighted by Gasteiger charge is 2.29. The summed E-state index contributed by atoms with van der Waals surface area (Å²) in [4.78, 5) is 12.6. The van der Waals surface area contributed by atoms with E-state index in [2.05, 4.69) is 12.2 Å². The van der Waals surface area contributed by atoms with Gasteiger partial charge in [-0.05, 0) is 55.2 Å². The maximum Gasteiger partial charge on any atom is 0.247 e. The number of sulfonamides is 1. The van der Waals surface area contributed by atoms with Gasteiger partial charge in [0, 0.05) is 5.69 Å². The Morgan fingerprint density at radius 2 is 1.42 bits per heavy atom. The second kappa shape index (κ2) is 8.36. The molecule has 0 aliphatic carbocycles. The van der Waals surface area contributed by atoms with E-state index < -0.39 is 16.1 Å². The predicted octanol–water partition coefficient (Wildman–Crippen LogP) is 3.60. The molecule has 0 aromatic heterocycles. The first kappa shape index (κ1) is 20.0. The van der Waals surface area contributed by atoms with Gasteiger partial charge >= 0.3 is 0 Å². The molecule has 0 spiro atoms. The van der Waals surface area contributed by atoms with Gasteiger partial charge in [-0.2, -0.15) is 0 Å². The van der Waals surface area contributed by atoms with Gasteiger partial charge in [0.2, 0.25) is 15.9 Å². The van der Waals surface area contributed by atoms with Crippen molar-refractivity contribution in [2.24, 2.45) is 0 Å². The summed E-state index contributed by atoms with van der Waals surface area (Å²) < 4.78 is 25.8. The van der Waals surface area contributed by atoms with E-state index in [1.54, 1.807) is 19.1 Å². The van der Waals surface area contributed by atoms with Crippen LogP contribution in [0.15, 0.2) is 48.5 Å². The van der Waals surface area contributed by atoms with E-state index in [4.69, 9.17) is 0 Å². The van der Waals surface area contributed by atoms with Crippen LogP contribution in [0.1, 0.15) is 31.9 Å². The molecule has 1 atom stereocenters. The number of carbonyl (C=O) groups excluding carboxylic acids is 1. The maximum atomic E-state index is 12.6. The van der Waals surface area contributed by atoms with Crippen molar-refractivity contribution in [3.05, 3.63) is 59.7 Å². The highest BCUT2D eigenvalue weighted by molar-refractivity contribution is 7.92. The molecule has 6 heteroatoms. The highest BCUT2D eigenvalue weighted by Crippen LogP contribution is 2.22. The molecule has 2 rings (SSSR count). The number of benzene rings is 2. The second-order valence-corrected chi connectivity index (χ2v) is 8.15. The van der Waals surface area contributed by atoms with Gasteiger partial charge in [-0.15, -0.1) is 0 Å². The lowest BCUT2D eigenvalue weighted by molar-refractivity contribution is -0.116. The third-order valence-electron chi connectivity index (χ3n) is 4.32. The molecule has 0 saturated carbocycles. The number of hydrogen-bond donors (Lipinski definition) is 1. The largest absolute Gasteiger partial charge is 0.324 e. The molecule has 26 heavy (non-hydrogen) atoms. The van der Waals surface area contributed by atoms with Crippen molar-refractivity contribution >= 4 is 27.3 Å². The van der Waals surface area contributed by atoms with Crippen molar-refractivity contribution in [1.29, 1.82) is 0 Å². The minimum atomic E-state index is -3.61. The topological polar surface area (TPSA) is 66.5 Å². The second-order valence-electron chi connectivity index (χ2n) is 6.29. The summed E-state index contributed by atoms with van der Waals surface area (Å²) in [6.07, 6.45) is 2.89. The van der Waals surface area contributed by atoms with Crippen molar-refractivity contribution in [2.45, 2.75) is 39.7 Å². The number of rotatable bonds is 7. The van der Waals surface area contributed by atoms with Crippen molar-refractivity contribution in [3.63, 3.8) is 0 Å². The number of nitrogens with zero attached hydrogens (tertiary/aromatic N) is 1. The summed E-state index contributed by atoms with van der Waals surface area (Å²) in [5.74, 6) is -0.376. The molecule has 0 unspecified atom stereocenters. The first-order valence-corrected chi connectivity index (χ1v) is 10.6. The fourth-order valence-electron chi connectivity index (χ4n) is 2.76. The molecule has 5 nitrogen and oxygen atoms in total. The van der Waals surface area contributed by atoms with Crippen LogP contribution < -0.4 is 9.62 Å². The molecule has 2 aromatic rings. The lowest BCUT2D eigenvalue weighted by Crippen LogP contribution is -2.45. The molecular formula is C20H26N2O3S. The number of carbonyl (C=O) groups is 1. The SMILES string of the molecule is CCc1ccc(NC(=O)[C@@H](C)N(c2ccc(CC)cc2)S(C)(=O)=O)cc1. The molecule has 0 aliphatic rings. The van der Waals surface area contributed by atoms with Gasteiger partial charge in [0.05, 0.1) is 11.9 Å². The first-order chi connectivity index (χ1) is 12.3. The number of aryl methyl sites for hydroxylation is 2. The average molecular weight is 375 g/mol. The molecule has 0 radical (unpaired) electrons. The predicted molar refractivity (Wildman–Crippen MR) is 107 cm³/mol. The summed E-state index contributed by atoms with van der Waals surface area (Å²) in [5.41, 5.74) is 3.41. The van der Waals surface area contributed by atoms with E-state index in [0.29, 0.717) is 11.4 Å². The molecule has 0 fully saturated rings. The third kappa shape index (κ3) is 4.85. The molecule has 0 aliphatic heterocycles. The Kier molecular flexibility index (Phi) is 6.42. The van der Waals surface area contributed by atoms with E-state index in [1.807, 2.05) is 43.3 Å². The van der Waals surface area contributed by atoms with Crippen LogP contribution in [-0.4, -0.2) is 26.6 Å². The minimum Gasteiger partial charge on any atom is -0.324 e. The van der Waals surface area contributed by atoms with Gasteiger partial charge in [-0.25, -0.2) is 8.42 Å². The van der Waals surface area contributed by atoms with Crippen LogP contribution in [0.5, 0.6) is 0 Å². The summed E-state index contributed by atoms with van der Waals surface area (Å²) in [7, 11) is -3.61. The maximum absolute atomic E-state index is 12.6. The van der Waals surface area contributed by atoms with Crippen molar-refractivity contribution in [2.75, 3.05) is 15.9 Å². The van der Waals surface area contributed by atoms with Crippen LogP contribution in [0.3, 0.4) is 0 Å². The van der Waals surface area contributed by atoms with Crippen LogP contribution in [0, 0.1) is 0 Å². The fourth-order valence-corrected chi connectivity index (χ4v) is 3.93. The summed E-state index contributed by atoms with van der Waals surface area (Å²) in [5, 5.41) is 2.79. The van der Waals surface area contributed by atoms with Crippen molar-refractivity contribution in [3.8, 4) is 0 Å². The van der Waals surface area contributed by atoms with Gasteiger partial charge in [-0.3, -0.25) is 9.10 Å². The minimum absolute atomic E-state index is 0.376. The van der Waals surface area contributed by atoms with Gasteiger partial charge in [0.15, 0.2) is 0 Å². The Morgan fingerprint density at radius 1 is 0.962 bits per heavy atom. The lowest BCUT2D eigenvalue weighted by atomic mass is 10.1. The molecule has 140 valence electrons. The van der Waals surface area contributed by atoms with E-state index in [-0.39, 0.29) is 5.91 Å². The smallest absolute Gasteiger partial charge is 0.247 e. The van der Waals surface area contributed by atoms with Crippen LogP contribution in [0.25, 0.3) is 0 Å². The van der Waals surface area contributed by atoms with E-state index in [9.17, 15) is 13.2 Å². The lowest BCUT2D eigenvalue weighted by Gasteiger charge is -2.28. The Morgan fingerprint density at radius 3 is 1.85 bits per heavy atom. The van der Waals surface area contributed by atoms with Gasteiger partial charge in [0.25, 0.3) is 0 Å².